The number of hydrogen-bond donors (Lipinski definition) is 1. The molecule has 144 valence electrons. The maximum Gasteiger partial charge on any atom is 0.233 e. The topological polar surface area (TPSA) is 45.2 Å². The molecule has 3 rings (SSSR count). The molecule has 1 aromatic carbocycles. The monoisotopic (exact) mass is 403 g/mol. The van der Waals surface area contributed by atoms with Crippen molar-refractivity contribution in [3.8, 4) is 0 Å². The van der Waals surface area contributed by atoms with E-state index in [-0.39, 0.29) is 11.2 Å². The molecule has 0 spiro atoms. The number of nitrogens with one attached hydrogen (secondary N) is 1. The smallest absolute Gasteiger partial charge is 0.233 e. The Hall–Kier alpha value is -1.72. The quantitative estimate of drug-likeness (QED) is 0.696. The van der Waals surface area contributed by atoms with Crippen molar-refractivity contribution in [3.05, 3.63) is 53.2 Å². The van der Waals surface area contributed by atoms with Crippen LogP contribution < -0.4 is 10.2 Å². The second kappa shape index (κ2) is 10.00. The molecular formula is C21H26ClN3OS. The van der Waals surface area contributed by atoms with Crippen molar-refractivity contribution in [2.75, 3.05) is 18.0 Å². The Balaban J connectivity index is 1.50. The van der Waals surface area contributed by atoms with Crippen LogP contribution in [0.4, 0.5) is 5.82 Å². The van der Waals surface area contributed by atoms with Crippen LogP contribution in [0.1, 0.15) is 38.2 Å². The Morgan fingerprint density at radius 2 is 1.93 bits per heavy atom. The molecule has 1 saturated heterocycles. The molecular weight excluding hydrogens is 378 g/mol. The fourth-order valence-corrected chi connectivity index (χ4v) is 4.30. The van der Waals surface area contributed by atoms with Gasteiger partial charge in [0.15, 0.2) is 0 Å². The fourth-order valence-electron chi connectivity index (χ4n) is 3.13. The zero-order valence-corrected chi connectivity index (χ0v) is 17.2. The second-order valence-corrected chi connectivity index (χ2v) is 8.62. The number of hydrogen-bond acceptors (Lipinski definition) is 4. The standard InChI is InChI=1S/C21H26ClN3OS/c1-16(27-19-9-5-4-8-18(19)22)21(26)24-15-17-10-11-20(23-14-17)25-12-6-2-3-7-13-25/h4-5,8-11,14,16H,2-3,6-7,12-13,15H2,1H3,(H,24,26). The van der Waals surface area contributed by atoms with Gasteiger partial charge in [0.05, 0.1) is 10.3 Å². The second-order valence-electron chi connectivity index (χ2n) is 6.83. The molecule has 1 aliphatic rings. The highest BCUT2D eigenvalue weighted by atomic mass is 35.5. The average Bonchev–Trinajstić information content (AvgIpc) is 2.98. The zero-order chi connectivity index (χ0) is 19.1. The molecule has 0 radical (unpaired) electrons. The molecule has 0 saturated carbocycles. The number of carbonyl (C=O) groups excluding carboxylic acids is 1. The van der Waals surface area contributed by atoms with Gasteiger partial charge in [-0.3, -0.25) is 4.79 Å². The predicted octanol–water partition coefficient (Wildman–Crippen LogP) is 4.91. The van der Waals surface area contributed by atoms with Crippen LogP contribution >= 0.6 is 23.4 Å². The highest BCUT2D eigenvalue weighted by molar-refractivity contribution is 8.00. The lowest BCUT2D eigenvalue weighted by molar-refractivity contribution is -0.120. The molecule has 1 unspecified atom stereocenters. The van der Waals surface area contributed by atoms with Gasteiger partial charge >= 0.3 is 0 Å². The molecule has 0 aliphatic carbocycles. The Labute approximate surface area is 170 Å². The van der Waals surface area contributed by atoms with Crippen LogP contribution in [0.2, 0.25) is 5.02 Å². The van der Waals surface area contributed by atoms with Gasteiger partial charge in [0.2, 0.25) is 5.91 Å². The first-order chi connectivity index (χ1) is 13.1. The minimum Gasteiger partial charge on any atom is -0.357 e. The van der Waals surface area contributed by atoms with Crippen molar-refractivity contribution in [3.63, 3.8) is 0 Å². The molecule has 2 aromatic rings. The van der Waals surface area contributed by atoms with Crippen molar-refractivity contribution < 1.29 is 4.79 Å². The number of halogens is 1. The van der Waals surface area contributed by atoms with E-state index in [0.29, 0.717) is 11.6 Å². The highest BCUT2D eigenvalue weighted by Crippen LogP contribution is 2.30. The highest BCUT2D eigenvalue weighted by Gasteiger charge is 2.16. The minimum atomic E-state index is -0.214. The average molecular weight is 404 g/mol. The van der Waals surface area contributed by atoms with Gasteiger partial charge in [-0.25, -0.2) is 4.98 Å². The minimum absolute atomic E-state index is 0.00323. The summed E-state index contributed by atoms with van der Waals surface area (Å²) < 4.78 is 0. The Morgan fingerprint density at radius 1 is 1.19 bits per heavy atom. The van der Waals surface area contributed by atoms with E-state index in [1.54, 1.807) is 0 Å². The number of thioether (sulfide) groups is 1. The van der Waals surface area contributed by atoms with Gasteiger partial charge in [-0.2, -0.15) is 0 Å². The summed E-state index contributed by atoms with van der Waals surface area (Å²) in [5.41, 5.74) is 1.01. The lowest BCUT2D eigenvalue weighted by Crippen LogP contribution is -2.30. The predicted molar refractivity (Wildman–Crippen MR) is 114 cm³/mol. The number of amides is 1. The Bertz CT molecular complexity index is 745. The summed E-state index contributed by atoms with van der Waals surface area (Å²) >= 11 is 7.64. The number of aromatic nitrogens is 1. The van der Waals surface area contributed by atoms with E-state index in [1.807, 2.05) is 37.4 Å². The lowest BCUT2D eigenvalue weighted by atomic mass is 10.2. The zero-order valence-electron chi connectivity index (χ0n) is 15.7. The van der Waals surface area contributed by atoms with E-state index in [4.69, 9.17) is 11.6 Å². The first-order valence-corrected chi connectivity index (χ1v) is 10.8. The van der Waals surface area contributed by atoms with Crippen LogP contribution in [-0.4, -0.2) is 29.2 Å². The third-order valence-electron chi connectivity index (χ3n) is 4.72. The van der Waals surface area contributed by atoms with Gasteiger partial charge in [-0.05, 0) is 43.5 Å². The van der Waals surface area contributed by atoms with Crippen LogP contribution in [-0.2, 0) is 11.3 Å². The molecule has 1 aromatic heterocycles. The summed E-state index contributed by atoms with van der Waals surface area (Å²) in [6, 6.07) is 11.7. The molecule has 1 amide bonds. The number of nitrogens with zero attached hydrogens (tertiary/aromatic N) is 2. The van der Waals surface area contributed by atoms with E-state index in [2.05, 4.69) is 27.3 Å². The van der Waals surface area contributed by atoms with Crippen LogP contribution in [0.5, 0.6) is 0 Å². The van der Waals surface area contributed by atoms with Gasteiger partial charge in [0.1, 0.15) is 5.82 Å². The fraction of sp³-hybridized carbons (Fsp3) is 0.429. The first-order valence-electron chi connectivity index (χ1n) is 9.52. The Kier molecular flexibility index (Phi) is 7.41. The molecule has 27 heavy (non-hydrogen) atoms. The SMILES string of the molecule is CC(Sc1ccccc1Cl)C(=O)NCc1ccc(N2CCCCCC2)nc1. The van der Waals surface area contributed by atoms with Crippen molar-refractivity contribution in [2.45, 2.75) is 49.3 Å². The van der Waals surface area contributed by atoms with Gasteiger partial charge < -0.3 is 10.2 Å². The van der Waals surface area contributed by atoms with Crippen LogP contribution in [0, 0.1) is 0 Å². The number of rotatable bonds is 6. The lowest BCUT2D eigenvalue weighted by Gasteiger charge is -2.21. The van der Waals surface area contributed by atoms with Gasteiger partial charge in [0, 0.05) is 30.7 Å². The van der Waals surface area contributed by atoms with E-state index in [1.165, 1.54) is 37.4 Å². The largest absolute Gasteiger partial charge is 0.357 e. The van der Waals surface area contributed by atoms with E-state index < -0.39 is 0 Å². The molecule has 1 aliphatic heterocycles. The molecule has 1 atom stereocenters. The summed E-state index contributed by atoms with van der Waals surface area (Å²) in [6.07, 6.45) is 6.96. The third kappa shape index (κ3) is 5.88. The van der Waals surface area contributed by atoms with Gasteiger partial charge in [-0.1, -0.05) is 42.6 Å². The normalized spacial score (nSPS) is 15.9. The van der Waals surface area contributed by atoms with Gasteiger partial charge in [-0.15, -0.1) is 11.8 Å². The molecule has 4 nitrogen and oxygen atoms in total. The number of anilines is 1. The molecule has 0 bridgehead atoms. The third-order valence-corrected chi connectivity index (χ3v) is 6.33. The van der Waals surface area contributed by atoms with Crippen LogP contribution in [0.15, 0.2) is 47.5 Å². The molecule has 1 fully saturated rings. The van der Waals surface area contributed by atoms with Crippen molar-refractivity contribution >= 4 is 35.1 Å². The van der Waals surface area contributed by atoms with E-state index in [0.717, 1.165) is 29.4 Å². The summed E-state index contributed by atoms with van der Waals surface area (Å²) in [4.78, 5) is 20.3. The van der Waals surface area contributed by atoms with E-state index >= 15 is 0 Å². The van der Waals surface area contributed by atoms with E-state index in [9.17, 15) is 4.79 Å². The summed E-state index contributed by atoms with van der Waals surface area (Å²) in [6.45, 7) is 4.54. The summed E-state index contributed by atoms with van der Waals surface area (Å²) in [7, 11) is 0. The first kappa shape index (κ1) is 20.0. The number of pyridine rings is 1. The van der Waals surface area contributed by atoms with Crippen LogP contribution in [0.3, 0.4) is 0 Å². The van der Waals surface area contributed by atoms with Gasteiger partial charge in [0.25, 0.3) is 0 Å². The maximum atomic E-state index is 12.4. The maximum absolute atomic E-state index is 12.4. The molecule has 2 heterocycles. The van der Waals surface area contributed by atoms with Crippen molar-refractivity contribution in [1.82, 2.24) is 10.3 Å². The number of carbonyl (C=O) groups is 1. The van der Waals surface area contributed by atoms with Crippen LogP contribution in [0.25, 0.3) is 0 Å². The molecule has 6 heteroatoms. The number of benzene rings is 1. The molecule has 1 N–H and O–H groups in total. The summed E-state index contributed by atoms with van der Waals surface area (Å²) in [5.74, 6) is 1.03. The van der Waals surface area contributed by atoms with Crippen molar-refractivity contribution in [1.29, 1.82) is 0 Å². The van der Waals surface area contributed by atoms with Crippen molar-refractivity contribution in [2.24, 2.45) is 0 Å². The summed E-state index contributed by atoms with van der Waals surface area (Å²) in [5, 5.41) is 3.45. The Morgan fingerprint density at radius 3 is 2.59 bits per heavy atom.